The van der Waals surface area contributed by atoms with Crippen molar-refractivity contribution in [1.82, 2.24) is 29.9 Å². The zero-order chi connectivity index (χ0) is 98.9. The minimum atomic E-state index is 0.663. The number of aromatic nitrogens is 6. The van der Waals surface area contributed by atoms with E-state index in [1.54, 1.807) is 0 Å². The van der Waals surface area contributed by atoms with E-state index in [0.29, 0.717) is 39.6 Å². The molecule has 13 aromatic carbocycles. The number of hydrogen-bond acceptors (Lipinski definition) is 12. The summed E-state index contributed by atoms with van der Waals surface area (Å²) in [7, 11) is 0. The monoisotopic (exact) mass is 1940 g/mol. The molecule has 0 bridgehead atoms. The van der Waals surface area contributed by atoms with E-state index >= 15 is 0 Å². The zero-order valence-electron chi connectivity index (χ0n) is 89.7. The van der Waals surface area contributed by atoms with Gasteiger partial charge in [-0.1, -0.05) is 388 Å². The summed E-state index contributed by atoms with van der Waals surface area (Å²) in [5.41, 5.74) is 9.77. The Morgan fingerprint density at radius 3 is 0.368 bits per heavy atom. The molecular formula is C132H174N6O6. The highest BCUT2D eigenvalue weighted by atomic mass is 16.5. The first kappa shape index (κ1) is 107. The summed E-state index contributed by atoms with van der Waals surface area (Å²) in [6.07, 6.45) is 76.4. The Kier molecular flexibility index (Phi) is 42.8. The van der Waals surface area contributed by atoms with E-state index in [0.717, 1.165) is 275 Å². The molecule has 16 aromatic rings. The number of nitrogens with zero attached hydrogens (tertiary/aromatic N) is 6. The Morgan fingerprint density at radius 2 is 0.243 bits per heavy atom. The summed E-state index contributed by atoms with van der Waals surface area (Å²) in [5.74, 6) is 5.10. The Balaban J connectivity index is 0.839. The van der Waals surface area contributed by atoms with E-state index in [1.165, 1.54) is 308 Å². The number of ether oxygens (including phenoxy) is 6. The Labute approximate surface area is 862 Å². The average Bonchev–Trinajstić information content (AvgIpc) is 0.701. The van der Waals surface area contributed by atoms with Crippen LogP contribution in [0.3, 0.4) is 0 Å². The second-order valence-corrected chi connectivity index (χ2v) is 42.8. The standard InChI is InChI=1S/C132H174N6O6/c1-7-13-19-25-31-37-43-49-55-61-79-139-97-67-73-103-104-74-68-98(140-80-62-56-50-44-38-32-26-20-14-8-2)86-116(104)128-127(115(103)85-97)133-121-91-109-110(92-122(121)134-128)112-94-124-126(138-132-120-90-102(144-84-66-60-54-48-42-36-30-24-18-12-6)72-78-108(120)107-77-71-101(89-119(107)131(132)136-124)143-83-65-59-53-47-41-35-29-23-17-11-5)96-114(112)113-95-125-123(93-111(109)113)135-129-117-87-99(141-81-63-57-51-45-39-33-27-21-15-9-3)69-75-105(117)106-76-70-100(88-118(106)130(129)137-125)142-82-64-58-52-46-40-34-28-22-16-10-4/h67-78,85-96H,7-66,79-84H2,1-6H3. The normalized spacial score (nSPS) is 12.1. The smallest absolute Gasteiger partial charge is 0.120 e. The fraction of sp³-hybridized carbons (Fsp3) is 0.545. The number of benzene rings is 13. The first-order chi connectivity index (χ1) is 71.3. The molecule has 0 saturated heterocycles. The van der Waals surface area contributed by atoms with Gasteiger partial charge < -0.3 is 28.4 Å². The van der Waals surface area contributed by atoms with E-state index in [2.05, 4.69) is 187 Å². The maximum absolute atomic E-state index is 6.78. The van der Waals surface area contributed by atoms with Crippen LogP contribution in [-0.4, -0.2) is 69.5 Å². The topological polar surface area (TPSA) is 133 Å². The summed E-state index contributed by atoms with van der Waals surface area (Å²) < 4.78 is 40.7. The van der Waals surface area contributed by atoms with Crippen molar-refractivity contribution in [2.75, 3.05) is 39.6 Å². The quantitative estimate of drug-likeness (QED) is 0.0204. The van der Waals surface area contributed by atoms with Gasteiger partial charge >= 0.3 is 0 Å². The lowest BCUT2D eigenvalue weighted by molar-refractivity contribution is 0.304. The lowest BCUT2D eigenvalue weighted by Crippen LogP contribution is -1.99. The third-order valence-corrected chi connectivity index (χ3v) is 31.2. The molecule has 3 heterocycles. The number of hydrogen-bond donors (Lipinski definition) is 0. The molecule has 16 rings (SSSR count). The largest absolute Gasteiger partial charge is 0.494 e. The molecule has 0 spiro atoms. The van der Waals surface area contributed by atoms with Gasteiger partial charge in [-0.25, -0.2) is 29.9 Å². The fourth-order valence-corrected chi connectivity index (χ4v) is 22.7. The summed E-state index contributed by atoms with van der Waals surface area (Å²) in [5, 5.41) is 18.9. The van der Waals surface area contributed by atoms with Crippen molar-refractivity contribution in [1.29, 1.82) is 0 Å². The molecule has 144 heavy (non-hydrogen) atoms. The van der Waals surface area contributed by atoms with Crippen molar-refractivity contribution in [3.63, 3.8) is 0 Å². The van der Waals surface area contributed by atoms with E-state index < -0.39 is 0 Å². The summed E-state index contributed by atoms with van der Waals surface area (Å²) >= 11 is 0. The average molecular weight is 1940 g/mol. The molecule has 0 saturated carbocycles. The molecule has 0 atom stereocenters. The van der Waals surface area contributed by atoms with E-state index in [4.69, 9.17) is 58.3 Å². The van der Waals surface area contributed by atoms with Gasteiger partial charge in [0, 0.05) is 32.3 Å². The van der Waals surface area contributed by atoms with E-state index in [-0.39, 0.29) is 0 Å². The van der Waals surface area contributed by atoms with Gasteiger partial charge in [0.15, 0.2) is 0 Å². The second-order valence-electron chi connectivity index (χ2n) is 42.8. The molecule has 3 aromatic heterocycles. The number of unbranched alkanes of at least 4 members (excludes halogenated alkanes) is 54. The van der Waals surface area contributed by atoms with Crippen molar-refractivity contribution in [2.45, 2.75) is 427 Å². The maximum atomic E-state index is 6.78. The maximum Gasteiger partial charge on any atom is 0.120 e. The lowest BCUT2D eigenvalue weighted by atomic mass is 9.92. The highest BCUT2D eigenvalue weighted by molar-refractivity contribution is 6.33. The van der Waals surface area contributed by atoms with Gasteiger partial charge in [0.05, 0.1) is 106 Å². The predicted octanol–water partition coefficient (Wildman–Crippen LogP) is 41.2. The number of rotatable bonds is 72. The molecule has 0 aliphatic heterocycles. The lowest BCUT2D eigenvalue weighted by Gasteiger charge is -2.17. The number of fused-ring (bicyclic) bond motifs is 27. The van der Waals surface area contributed by atoms with Crippen LogP contribution in [0.5, 0.6) is 34.5 Å². The highest BCUT2D eigenvalue weighted by Crippen LogP contribution is 2.47. The molecule has 12 heteroatoms. The molecular weight excluding hydrogens is 1770 g/mol. The Bertz CT molecular complexity index is 5700. The van der Waals surface area contributed by atoms with Crippen LogP contribution in [-0.2, 0) is 0 Å². The van der Waals surface area contributed by atoms with Gasteiger partial charge in [0.2, 0.25) is 0 Å². The summed E-state index contributed by atoms with van der Waals surface area (Å²) in [4.78, 5) is 35.6. The highest BCUT2D eigenvalue weighted by Gasteiger charge is 2.24. The summed E-state index contributed by atoms with van der Waals surface area (Å²) in [6.45, 7) is 17.8. The van der Waals surface area contributed by atoms with E-state index in [1.807, 2.05) is 0 Å². The molecule has 0 fully saturated rings. The molecule has 0 radical (unpaired) electrons. The van der Waals surface area contributed by atoms with Crippen LogP contribution >= 0.6 is 0 Å². The predicted molar refractivity (Wildman–Crippen MR) is 620 cm³/mol. The minimum Gasteiger partial charge on any atom is -0.494 e. The van der Waals surface area contributed by atoms with Crippen LogP contribution < -0.4 is 28.4 Å². The molecule has 0 unspecified atom stereocenters. The molecule has 0 aliphatic carbocycles. The van der Waals surface area contributed by atoms with Crippen molar-refractivity contribution >= 4 is 163 Å². The van der Waals surface area contributed by atoms with Crippen molar-refractivity contribution in [2.24, 2.45) is 0 Å². The SMILES string of the molecule is CCCCCCCCCCCCOc1ccc2c3ccc(OCCCCCCCCCCCC)cc3c3nc4cc5c(cc4nc3c2c1)c1cc2nc3c4cc(OCCCCCCCCCCCC)ccc4c4ccc(OCCCCCCCCCCCC)cc4c3nc2cc1c1cc2nc3c4cc(OCCCCCCCCCCCC)ccc4c4ccc(OCCCCCCCCCCCC)cc4c3nc2cc51. The molecule has 0 aliphatic rings. The first-order valence-corrected chi connectivity index (χ1v) is 59.0. The van der Waals surface area contributed by atoms with E-state index in [9.17, 15) is 0 Å². The molecule has 12 nitrogen and oxygen atoms in total. The third-order valence-electron chi connectivity index (χ3n) is 31.2. The summed E-state index contributed by atoms with van der Waals surface area (Å²) in [6, 6.07) is 53.8. The van der Waals surface area contributed by atoms with Crippen LogP contribution in [0, 0.1) is 0 Å². The van der Waals surface area contributed by atoms with Gasteiger partial charge in [0.25, 0.3) is 0 Å². The van der Waals surface area contributed by atoms with Gasteiger partial charge in [-0.05, 0) is 249 Å². The van der Waals surface area contributed by atoms with Crippen LogP contribution in [0.25, 0.3) is 163 Å². The zero-order valence-corrected chi connectivity index (χ0v) is 89.7. The van der Waals surface area contributed by atoms with Gasteiger partial charge in [0.1, 0.15) is 34.5 Å². The Morgan fingerprint density at radius 1 is 0.125 bits per heavy atom. The van der Waals surface area contributed by atoms with Crippen LogP contribution in [0.2, 0.25) is 0 Å². The minimum absolute atomic E-state index is 0.663. The van der Waals surface area contributed by atoms with Crippen molar-refractivity contribution < 1.29 is 28.4 Å². The molecule has 0 amide bonds. The van der Waals surface area contributed by atoms with Crippen LogP contribution in [0.4, 0.5) is 0 Å². The van der Waals surface area contributed by atoms with Crippen molar-refractivity contribution in [3.05, 3.63) is 146 Å². The van der Waals surface area contributed by atoms with Crippen molar-refractivity contribution in [3.8, 4) is 34.5 Å². The molecule has 0 N–H and O–H groups in total. The van der Waals surface area contributed by atoms with Crippen LogP contribution in [0.15, 0.2) is 146 Å². The first-order valence-electron chi connectivity index (χ1n) is 59.0. The van der Waals surface area contributed by atoms with Gasteiger partial charge in [-0.15, -0.1) is 0 Å². The Hall–Kier alpha value is -10.2. The molecule has 768 valence electrons. The van der Waals surface area contributed by atoms with Gasteiger partial charge in [-0.3, -0.25) is 0 Å². The fourth-order valence-electron chi connectivity index (χ4n) is 22.7. The second kappa shape index (κ2) is 57.8. The van der Waals surface area contributed by atoms with Crippen LogP contribution in [0.1, 0.15) is 427 Å². The van der Waals surface area contributed by atoms with Gasteiger partial charge in [-0.2, -0.15) is 0 Å². The third kappa shape index (κ3) is 29.2.